The summed E-state index contributed by atoms with van der Waals surface area (Å²) in [6.45, 7) is 4.75. The fourth-order valence-electron chi connectivity index (χ4n) is 5.95. The average molecular weight is 782 g/mol. The van der Waals surface area contributed by atoms with Gasteiger partial charge in [0, 0.05) is 6.42 Å². The molecule has 8 nitrogen and oxygen atoms in total. The molecule has 0 bridgehead atoms. The van der Waals surface area contributed by atoms with Gasteiger partial charge >= 0.3 is 7.82 Å². The molecule has 54 heavy (non-hydrogen) atoms. The maximum absolute atomic E-state index is 12.8. The summed E-state index contributed by atoms with van der Waals surface area (Å²) in [5.74, 6) is -0.210. The maximum atomic E-state index is 12.8. The predicted molar refractivity (Wildman–Crippen MR) is 231 cm³/mol. The molecule has 0 aromatic carbocycles. The number of hydrogen-bond acceptors (Lipinski definition) is 5. The second kappa shape index (κ2) is 37.1. The van der Waals surface area contributed by atoms with Crippen molar-refractivity contribution in [3.8, 4) is 0 Å². The van der Waals surface area contributed by atoms with E-state index in [1.165, 1.54) is 103 Å². The van der Waals surface area contributed by atoms with Crippen molar-refractivity contribution in [2.24, 2.45) is 0 Å². The number of aliphatic hydroxyl groups excluding tert-OH is 1. The number of allylic oxidation sites excluding steroid dienone is 7. The molecule has 0 saturated heterocycles. The summed E-state index contributed by atoms with van der Waals surface area (Å²) in [4.78, 5) is 23.1. The summed E-state index contributed by atoms with van der Waals surface area (Å²) in [5, 5.41) is 13.8. The van der Waals surface area contributed by atoms with Crippen molar-refractivity contribution in [1.29, 1.82) is 0 Å². The van der Waals surface area contributed by atoms with Crippen molar-refractivity contribution in [2.45, 2.75) is 193 Å². The molecule has 1 amide bonds. The molecule has 0 aliphatic heterocycles. The van der Waals surface area contributed by atoms with Crippen molar-refractivity contribution in [2.75, 3.05) is 40.9 Å². The van der Waals surface area contributed by atoms with Gasteiger partial charge in [0.25, 0.3) is 0 Å². The van der Waals surface area contributed by atoms with E-state index in [9.17, 15) is 19.4 Å². The highest BCUT2D eigenvalue weighted by atomic mass is 31.2. The van der Waals surface area contributed by atoms with Crippen molar-refractivity contribution in [3.05, 3.63) is 48.6 Å². The highest BCUT2D eigenvalue weighted by Crippen LogP contribution is 2.43. The van der Waals surface area contributed by atoms with Gasteiger partial charge in [-0.05, 0) is 70.6 Å². The SMILES string of the molecule is CCCCCCCC/C=C\CCCCCC(=O)NC(COP(=O)(O)OCC[N+](C)(C)C)C(O)/C=C/CC/C=C/CC/C=C/CCCCCCCCCCC. The van der Waals surface area contributed by atoms with E-state index in [1.54, 1.807) is 6.08 Å². The van der Waals surface area contributed by atoms with Gasteiger partial charge in [-0.15, -0.1) is 0 Å². The van der Waals surface area contributed by atoms with Crippen molar-refractivity contribution >= 4 is 13.7 Å². The van der Waals surface area contributed by atoms with Gasteiger partial charge in [0.1, 0.15) is 13.2 Å². The number of phosphoric ester groups is 1. The summed E-state index contributed by atoms with van der Waals surface area (Å²) >= 11 is 0. The van der Waals surface area contributed by atoms with E-state index in [0.717, 1.165) is 57.8 Å². The predicted octanol–water partition coefficient (Wildman–Crippen LogP) is 12.1. The number of hydrogen-bond donors (Lipinski definition) is 3. The molecule has 0 heterocycles. The Morgan fingerprint density at radius 3 is 1.48 bits per heavy atom. The first kappa shape index (κ1) is 52.5. The quantitative estimate of drug-likeness (QED) is 0.0248. The lowest BCUT2D eigenvalue weighted by molar-refractivity contribution is -0.870. The highest BCUT2D eigenvalue weighted by Gasteiger charge is 2.27. The Morgan fingerprint density at radius 1 is 0.611 bits per heavy atom. The number of nitrogens with zero attached hydrogens (tertiary/aromatic N) is 1. The van der Waals surface area contributed by atoms with Crippen LogP contribution >= 0.6 is 7.82 Å². The normalized spacial score (nSPS) is 14.9. The Kier molecular flexibility index (Phi) is 36.0. The van der Waals surface area contributed by atoms with Gasteiger partial charge in [-0.25, -0.2) is 4.57 Å². The van der Waals surface area contributed by atoms with Crippen molar-refractivity contribution in [1.82, 2.24) is 5.32 Å². The summed E-state index contributed by atoms with van der Waals surface area (Å²) < 4.78 is 23.5. The monoisotopic (exact) mass is 782 g/mol. The fourth-order valence-corrected chi connectivity index (χ4v) is 6.68. The summed E-state index contributed by atoms with van der Waals surface area (Å²) in [6, 6.07) is -0.876. The number of rotatable bonds is 39. The zero-order valence-corrected chi connectivity index (χ0v) is 36.6. The maximum Gasteiger partial charge on any atom is 0.472 e. The fraction of sp³-hybridized carbons (Fsp3) is 0.800. The van der Waals surface area contributed by atoms with Crippen LogP contribution in [-0.2, 0) is 18.4 Å². The van der Waals surface area contributed by atoms with Gasteiger partial charge < -0.3 is 19.8 Å². The number of unbranched alkanes of at least 4 members (excludes halogenated alkanes) is 20. The third-order valence-electron chi connectivity index (χ3n) is 9.50. The van der Waals surface area contributed by atoms with Crippen molar-refractivity contribution < 1.29 is 32.9 Å². The van der Waals surface area contributed by atoms with Crippen molar-refractivity contribution in [3.63, 3.8) is 0 Å². The van der Waals surface area contributed by atoms with E-state index in [1.807, 2.05) is 27.2 Å². The highest BCUT2D eigenvalue weighted by molar-refractivity contribution is 7.47. The van der Waals surface area contributed by atoms with Gasteiger partial charge in [-0.2, -0.15) is 0 Å². The first-order valence-corrected chi connectivity index (χ1v) is 23.5. The van der Waals surface area contributed by atoms with Gasteiger partial charge in [0.15, 0.2) is 0 Å². The van der Waals surface area contributed by atoms with Crippen LogP contribution in [0.1, 0.15) is 181 Å². The second-order valence-corrected chi connectivity index (χ2v) is 17.5. The molecule has 0 aliphatic carbocycles. The number of amides is 1. The number of phosphoric acid groups is 1. The van der Waals surface area contributed by atoms with E-state index < -0.39 is 20.0 Å². The Labute approximate surface area is 333 Å². The van der Waals surface area contributed by atoms with Crippen LogP contribution < -0.4 is 5.32 Å². The Balaban J connectivity index is 4.54. The topological polar surface area (TPSA) is 105 Å². The molecule has 3 N–H and O–H groups in total. The van der Waals surface area contributed by atoms with Gasteiger partial charge in [-0.1, -0.05) is 152 Å². The molecule has 3 unspecified atom stereocenters. The molecule has 0 rings (SSSR count). The zero-order chi connectivity index (χ0) is 40.0. The standard InChI is InChI=1S/C45H85N2O6P/c1-6-8-10-12-14-16-18-20-21-22-23-24-25-27-28-30-32-34-36-38-44(48)43(42-53-54(50,51)52-41-40-47(3,4)5)46-45(49)39-37-35-33-31-29-26-19-17-15-13-11-9-7-2/h23-24,26,28-30,36,38,43-44,48H,6-22,25,27,31-35,37,39-42H2,1-5H3,(H-,46,49,50,51)/p+1/b24-23+,29-26-,30-28+,38-36+. The Hall–Kier alpha value is -1.54. The third-order valence-corrected chi connectivity index (χ3v) is 10.5. The second-order valence-electron chi connectivity index (χ2n) is 16.0. The Morgan fingerprint density at radius 2 is 1.02 bits per heavy atom. The number of carbonyl (C=O) groups is 1. The number of quaternary nitrogens is 1. The smallest absolute Gasteiger partial charge is 0.387 e. The molecule has 0 radical (unpaired) electrons. The van der Waals surface area contributed by atoms with E-state index in [-0.39, 0.29) is 19.1 Å². The number of likely N-dealkylation sites (N-methyl/N-ethyl adjacent to an activating group) is 1. The lowest BCUT2D eigenvalue weighted by Crippen LogP contribution is -2.45. The minimum atomic E-state index is -4.35. The summed E-state index contributed by atoms with van der Waals surface area (Å²) in [6.07, 6.45) is 46.1. The van der Waals surface area contributed by atoms with E-state index in [0.29, 0.717) is 17.4 Å². The molecule has 0 aromatic rings. The first-order chi connectivity index (χ1) is 26.0. The van der Waals surface area contributed by atoms with E-state index >= 15 is 0 Å². The molecular formula is C45H86N2O6P+. The van der Waals surface area contributed by atoms with Crippen LogP contribution in [0.2, 0.25) is 0 Å². The molecule has 0 saturated carbocycles. The van der Waals surface area contributed by atoms with Crippen LogP contribution in [0.3, 0.4) is 0 Å². The number of carbonyl (C=O) groups excluding carboxylic acids is 1. The molecule has 0 fully saturated rings. The van der Waals surface area contributed by atoms with Crippen LogP contribution in [0.25, 0.3) is 0 Å². The summed E-state index contributed by atoms with van der Waals surface area (Å²) in [5.41, 5.74) is 0. The van der Waals surface area contributed by atoms with Crippen LogP contribution in [0.5, 0.6) is 0 Å². The molecule has 3 atom stereocenters. The van der Waals surface area contributed by atoms with Crippen LogP contribution in [0, 0.1) is 0 Å². The lowest BCUT2D eigenvalue weighted by Gasteiger charge is -2.25. The molecule has 316 valence electrons. The molecule has 0 aliphatic rings. The molecule has 0 aromatic heterocycles. The van der Waals surface area contributed by atoms with E-state index in [2.05, 4.69) is 55.6 Å². The van der Waals surface area contributed by atoms with Gasteiger partial charge in [0.05, 0.1) is 39.9 Å². The molecular weight excluding hydrogens is 695 g/mol. The Bertz CT molecular complexity index is 1020. The lowest BCUT2D eigenvalue weighted by atomic mass is 10.1. The van der Waals surface area contributed by atoms with Gasteiger partial charge in [-0.3, -0.25) is 13.8 Å². The van der Waals surface area contributed by atoms with E-state index in [4.69, 9.17) is 9.05 Å². The summed E-state index contributed by atoms with van der Waals surface area (Å²) in [7, 11) is 1.53. The van der Waals surface area contributed by atoms with Gasteiger partial charge in [0.2, 0.25) is 5.91 Å². The number of aliphatic hydroxyl groups is 1. The van der Waals surface area contributed by atoms with Crippen LogP contribution in [0.4, 0.5) is 0 Å². The minimum absolute atomic E-state index is 0.0498. The third kappa shape index (κ3) is 38.7. The molecule has 9 heteroatoms. The van der Waals surface area contributed by atoms with Crippen LogP contribution in [-0.4, -0.2) is 73.4 Å². The average Bonchev–Trinajstić information content (AvgIpc) is 3.12. The molecule has 0 spiro atoms. The minimum Gasteiger partial charge on any atom is -0.387 e. The first-order valence-electron chi connectivity index (χ1n) is 22.0. The zero-order valence-electron chi connectivity index (χ0n) is 35.7. The van der Waals surface area contributed by atoms with Crippen LogP contribution in [0.15, 0.2) is 48.6 Å². The largest absolute Gasteiger partial charge is 0.472 e. The number of nitrogens with one attached hydrogen (secondary N) is 1.